The average molecular weight is 445 g/mol. The van der Waals surface area contributed by atoms with E-state index in [0.29, 0.717) is 31.2 Å². The number of fused-ring (bicyclic) bond motifs is 1. The van der Waals surface area contributed by atoms with Crippen molar-refractivity contribution in [3.8, 4) is 0 Å². The van der Waals surface area contributed by atoms with Gasteiger partial charge in [-0.2, -0.15) is 0 Å². The molecule has 1 aromatic carbocycles. The van der Waals surface area contributed by atoms with Gasteiger partial charge in [0.25, 0.3) is 5.56 Å². The summed E-state index contributed by atoms with van der Waals surface area (Å²) in [5, 5.41) is 2.43. The van der Waals surface area contributed by atoms with E-state index in [4.69, 9.17) is 16.3 Å². The fourth-order valence-electron chi connectivity index (χ4n) is 3.29. The number of ether oxygens (including phenoxy) is 1. The van der Waals surface area contributed by atoms with E-state index >= 15 is 0 Å². The highest BCUT2D eigenvalue weighted by molar-refractivity contribution is 7.11. The molecule has 0 amide bonds. The monoisotopic (exact) mass is 444 g/mol. The summed E-state index contributed by atoms with van der Waals surface area (Å²) in [5.41, 5.74) is 1.31. The van der Waals surface area contributed by atoms with Gasteiger partial charge in [0.05, 0.1) is 22.4 Å². The molecule has 29 heavy (non-hydrogen) atoms. The van der Waals surface area contributed by atoms with Crippen LogP contribution in [0.1, 0.15) is 30.3 Å². The van der Waals surface area contributed by atoms with E-state index in [1.54, 1.807) is 35.8 Å². The number of nitrogens with zero attached hydrogens (tertiary/aromatic N) is 2. The highest BCUT2D eigenvalue weighted by Gasteiger charge is 2.34. The highest BCUT2D eigenvalue weighted by atomic mass is 35.5. The fraction of sp³-hybridized carbons (Fsp3) is 0.190. The van der Waals surface area contributed by atoms with Crippen molar-refractivity contribution in [1.82, 2.24) is 4.57 Å². The zero-order valence-corrected chi connectivity index (χ0v) is 18.1. The second kappa shape index (κ2) is 8.10. The summed E-state index contributed by atoms with van der Waals surface area (Å²) in [6, 6.07) is 10.4. The summed E-state index contributed by atoms with van der Waals surface area (Å²) >= 11 is 9.32. The maximum atomic E-state index is 13.3. The Morgan fingerprint density at radius 2 is 2.10 bits per heavy atom. The van der Waals surface area contributed by atoms with Crippen LogP contribution in [0.2, 0.25) is 5.02 Å². The van der Waals surface area contributed by atoms with E-state index in [1.807, 2.05) is 41.8 Å². The minimum atomic E-state index is -0.690. The summed E-state index contributed by atoms with van der Waals surface area (Å²) in [4.78, 5) is 32.2. The lowest BCUT2D eigenvalue weighted by Crippen LogP contribution is -2.40. The van der Waals surface area contributed by atoms with Gasteiger partial charge in [-0.3, -0.25) is 9.36 Å². The van der Waals surface area contributed by atoms with Crippen LogP contribution in [0.4, 0.5) is 0 Å². The topological polar surface area (TPSA) is 60.7 Å². The number of rotatable bonds is 4. The quantitative estimate of drug-likeness (QED) is 0.578. The fourth-order valence-corrected chi connectivity index (χ4v) is 5.29. The predicted octanol–water partition coefficient (Wildman–Crippen LogP) is 3.51. The van der Waals surface area contributed by atoms with Crippen LogP contribution in [0.25, 0.3) is 6.08 Å². The Hall–Kier alpha value is -2.48. The standard InChI is InChI=1S/C21H17ClN2O3S2/c1-3-27-20(26)17-12(2)23-21-24(18(17)14-8-4-5-9-15(14)22)19(25)16(29-21)11-13-7-6-10-28-13/h4-11,18H,3H2,1-2H3. The summed E-state index contributed by atoms with van der Waals surface area (Å²) in [5.74, 6) is -0.494. The van der Waals surface area contributed by atoms with Crippen molar-refractivity contribution in [2.45, 2.75) is 19.9 Å². The Kier molecular flexibility index (Phi) is 5.54. The van der Waals surface area contributed by atoms with Crippen LogP contribution in [-0.2, 0) is 9.53 Å². The second-order valence-corrected chi connectivity index (χ2v) is 8.73. The van der Waals surface area contributed by atoms with Crippen LogP contribution < -0.4 is 14.9 Å². The molecule has 0 N–H and O–H groups in total. The highest BCUT2D eigenvalue weighted by Crippen LogP contribution is 2.34. The van der Waals surface area contributed by atoms with E-state index in [2.05, 4.69) is 4.99 Å². The zero-order valence-electron chi connectivity index (χ0n) is 15.7. The molecule has 0 saturated carbocycles. The predicted molar refractivity (Wildman–Crippen MR) is 116 cm³/mol. The Bertz CT molecular complexity index is 1290. The van der Waals surface area contributed by atoms with Crippen molar-refractivity contribution < 1.29 is 9.53 Å². The number of thiophene rings is 1. The molecule has 1 unspecified atom stereocenters. The normalized spacial score (nSPS) is 16.5. The van der Waals surface area contributed by atoms with E-state index in [0.717, 1.165) is 4.88 Å². The van der Waals surface area contributed by atoms with Gasteiger partial charge in [-0.15, -0.1) is 11.3 Å². The first-order chi connectivity index (χ1) is 14.0. The number of allylic oxidation sites excluding steroid dienone is 1. The van der Waals surface area contributed by atoms with Gasteiger partial charge in [0.15, 0.2) is 4.80 Å². The molecule has 0 fully saturated rings. The number of hydrogen-bond donors (Lipinski definition) is 0. The minimum Gasteiger partial charge on any atom is -0.463 e. The molecule has 4 rings (SSSR count). The molecule has 8 heteroatoms. The zero-order chi connectivity index (χ0) is 20.5. The lowest BCUT2D eigenvalue weighted by Gasteiger charge is -2.25. The van der Waals surface area contributed by atoms with Gasteiger partial charge in [0.1, 0.15) is 6.04 Å². The van der Waals surface area contributed by atoms with Gasteiger partial charge < -0.3 is 4.74 Å². The molecule has 1 aliphatic heterocycles. The van der Waals surface area contributed by atoms with Crippen molar-refractivity contribution in [2.75, 3.05) is 6.61 Å². The summed E-state index contributed by atoms with van der Waals surface area (Å²) in [6.45, 7) is 3.73. The molecule has 0 saturated heterocycles. The van der Waals surface area contributed by atoms with Gasteiger partial charge >= 0.3 is 5.97 Å². The van der Waals surface area contributed by atoms with Gasteiger partial charge in [-0.05, 0) is 43.0 Å². The minimum absolute atomic E-state index is 0.207. The van der Waals surface area contributed by atoms with Crippen molar-refractivity contribution >= 4 is 46.3 Å². The summed E-state index contributed by atoms with van der Waals surface area (Å²) in [6.07, 6.45) is 1.85. The molecule has 3 aromatic rings. The number of aromatic nitrogens is 1. The molecule has 148 valence electrons. The maximum Gasteiger partial charge on any atom is 0.338 e. The number of halogens is 1. The Morgan fingerprint density at radius 1 is 1.31 bits per heavy atom. The van der Waals surface area contributed by atoms with E-state index in [1.165, 1.54) is 11.3 Å². The Labute approximate surface area is 179 Å². The largest absolute Gasteiger partial charge is 0.463 e. The lowest BCUT2D eigenvalue weighted by atomic mass is 9.96. The molecule has 0 aliphatic carbocycles. The third-order valence-corrected chi connectivity index (χ3v) is 6.68. The van der Waals surface area contributed by atoms with E-state index < -0.39 is 12.0 Å². The molecule has 0 radical (unpaired) electrons. The number of hydrogen-bond acceptors (Lipinski definition) is 6. The first-order valence-electron chi connectivity index (χ1n) is 8.99. The van der Waals surface area contributed by atoms with Crippen LogP contribution in [-0.4, -0.2) is 17.1 Å². The van der Waals surface area contributed by atoms with E-state index in [-0.39, 0.29) is 12.2 Å². The summed E-state index contributed by atoms with van der Waals surface area (Å²) in [7, 11) is 0. The maximum absolute atomic E-state index is 13.3. The third kappa shape index (κ3) is 3.61. The van der Waals surface area contributed by atoms with Gasteiger partial charge in [-0.25, -0.2) is 9.79 Å². The molecule has 3 heterocycles. The van der Waals surface area contributed by atoms with Crippen LogP contribution >= 0.6 is 34.3 Å². The third-order valence-electron chi connectivity index (χ3n) is 4.53. The molecular formula is C21H17ClN2O3S2. The summed E-state index contributed by atoms with van der Waals surface area (Å²) < 4.78 is 7.38. The molecule has 5 nitrogen and oxygen atoms in total. The van der Waals surface area contributed by atoms with Crippen molar-refractivity contribution in [2.24, 2.45) is 4.99 Å². The number of carbonyl (C=O) groups excluding carboxylic acids is 1. The van der Waals surface area contributed by atoms with Gasteiger partial charge in [-0.1, -0.05) is 47.2 Å². The Balaban J connectivity index is 2.00. The Morgan fingerprint density at radius 3 is 2.79 bits per heavy atom. The lowest BCUT2D eigenvalue weighted by molar-refractivity contribution is -0.139. The molecule has 0 spiro atoms. The second-order valence-electron chi connectivity index (χ2n) is 6.34. The van der Waals surface area contributed by atoms with Crippen LogP contribution in [0.3, 0.4) is 0 Å². The first kappa shape index (κ1) is 19.8. The van der Waals surface area contributed by atoms with Crippen LogP contribution in [0, 0.1) is 0 Å². The van der Waals surface area contributed by atoms with Gasteiger partial charge in [0, 0.05) is 9.90 Å². The number of benzene rings is 1. The molecule has 2 aromatic heterocycles. The average Bonchev–Trinajstić information content (AvgIpc) is 3.30. The smallest absolute Gasteiger partial charge is 0.338 e. The molecular weight excluding hydrogens is 428 g/mol. The van der Waals surface area contributed by atoms with Gasteiger partial charge in [0.2, 0.25) is 0 Å². The number of carbonyl (C=O) groups is 1. The molecule has 1 atom stereocenters. The van der Waals surface area contributed by atoms with Crippen LogP contribution in [0.15, 0.2) is 62.8 Å². The van der Waals surface area contributed by atoms with Crippen LogP contribution in [0.5, 0.6) is 0 Å². The van der Waals surface area contributed by atoms with Crippen molar-refractivity contribution in [3.05, 3.63) is 88.2 Å². The van der Waals surface area contributed by atoms with Crippen molar-refractivity contribution in [3.63, 3.8) is 0 Å². The number of thiazole rings is 1. The van der Waals surface area contributed by atoms with E-state index in [9.17, 15) is 9.59 Å². The molecule has 1 aliphatic rings. The first-order valence-corrected chi connectivity index (χ1v) is 11.1. The SMILES string of the molecule is CCOC(=O)C1=C(C)N=c2sc(=Cc3cccs3)c(=O)n2C1c1ccccc1Cl. The number of esters is 1. The molecule has 0 bridgehead atoms. The van der Waals surface area contributed by atoms with Crippen molar-refractivity contribution in [1.29, 1.82) is 0 Å².